The Balaban J connectivity index is 0.930. The first-order chi connectivity index (χ1) is 51.4. The van der Waals surface area contributed by atoms with Gasteiger partial charge in [-0.15, -0.1) is 0 Å². The third-order valence-corrected chi connectivity index (χ3v) is 23.7. The lowest BCUT2D eigenvalue weighted by molar-refractivity contribution is -0.290. The molecule has 22 N–H and O–H groups in total. The zero-order valence-corrected chi connectivity index (χ0v) is 59.5. The second kappa shape index (κ2) is 40.1. The van der Waals surface area contributed by atoms with E-state index in [1.165, 1.54) is 0 Å². The van der Waals surface area contributed by atoms with Gasteiger partial charge in [0.25, 0.3) is 0 Å². The average Bonchev–Trinajstić information content (AvgIpc) is 0.783. The van der Waals surface area contributed by atoms with Gasteiger partial charge in [0.15, 0.2) is 0 Å². The highest BCUT2D eigenvalue weighted by molar-refractivity contribution is 5.04. The number of ether oxygens (including phenoxy) is 14. The van der Waals surface area contributed by atoms with Crippen LogP contribution in [-0.2, 0) is 85.7 Å². The highest BCUT2D eigenvalue weighted by Gasteiger charge is 2.57. The number of rotatable bonds is 12. The number of hydrogen-bond donors (Lipinski definition) is 22. The molecule has 0 spiro atoms. The second-order valence-electron chi connectivity index (χ2n) is 29.7. The number of aliphatic hydroxyl groups excluding tert-OH is 18. The molecule has 106 heavy (non-hydrogen) atoms. The van der Waals surface area contributed by atoms with Crippen molar-refractivity contribution < 1.29 is 178 Å². The van der Waals surface area contributed by atoms with Crippen molar-refractivity contribution >= 4 is 0 Å². The smallest absolute Gasteiger partial charge is 0.134 e. The number of aliphatic hydroxyl groups is 18. The molecule has 0 saturated carbocycles. The Morgan fingerprint density at radius 3 is 0.811 bits per heavy atom. The molecule has 11 aliphatic heterocycles. The van der Waals surface area contributed by atoms with Gasteiger partial charge in [-0.05, 0) is 12.8 Å². The third kappa shape index (κ3) is 18.5. The van der Waals surface area contributed by atoms with E-state index in [-0.39, 0.29) is 26.4 Å². The molecule has 0 aromatic carbocycles. The Morgan fingerprint density at radius 1 is 0.226 bits per heavy atom. The predicted octanol–water partition coefficient (Wildman–Crippen LogP) is -12.1. The molecule has 40 atom stereocenters. The molecule has 11 saturated heterocycles. The molecule has 0 amide bonds. The SMILES string of the molecule is CCC1C(CO)OC2COCC3C(CO)OC4COCC5C(CO)OC6COCC7C(CO)OC(CO)C(NOC8C(COCC9C(CO)OC(COCC%10C(CO)OC(COCC%11C(CO)OC(CO)C(ONC2C1O)C%11O)C(ONC4C3O)C%10O)C(ONC6C5O)C9O)OC(CO)C(CC)C8O)C7O. The lowest BCUT2D eigenvalue weighted by Gasteiger charge is -2.49. The van der Waals surface area contributed by atoms with Crippen LogP contribution in [0.15, 0.2) is 0 Å². The van der Waals surface area contributed by atoms with Crippen LogP contribution in [0, 0.1) is 47.3 Å². The van der Waals surface area contributed by atoms with E-state index < -0.39 is 361 Å². The van der Waals surface area contributed by atoms with Crippen molar-refractivity contribution in [2.45, 2.75) is 222 Å². The van der Waals surface area contributed by atoms with Crippen LogP contribution in [0.3, 0.4) is 0 Å². The Bertz CT molecular complexity index is 2400. The summed E-state index contributed by atoms with van der Waals surface area (Å²) >= 11 is 0. The predicted molar refractivity (Wildman–Crippen MR) is 349 cm³/mol. The van der Waals surface area contributed by atoms with Crippen molar-refractivity contribution in [3.63, 3.8) is 0 Å². The number of hydroxylamine groups is 4. The van der Waals surface area contributed by atoms with E-state index in [1.807, 2.05) is 0 Å². The van der Waals surface area contributed by atoms with Gasteiger partial charge in [-0.3, -0.25) is 19.4 Å². The molecule has 11 heterocycles. The van der Waals surface area contributed by atoms with E-state index in [4.69, 9.17) is 85.7 Å². The molecule has 0 radical (unpaired) electrons. The van der Waals surface area contributed by atoms with E-state index in [9.17, 15) is 91.9 Å². The molecule has 40 unspecified atom stereocenters. The minimum atomic E-state index is -1.69. The summed E-state index contributed by atoms with van der Waals surface area (Å²) in [7, 11) is 0. The lowest BCUT2D eigenvalue weighted by atomic mass is 9.84. The Labute approximate surface area is 612 Å². The minimum Gasteiger partial charge on any atom is -0.394 e. The van der Waals surface area contributed by atoms with Crippen molar-refractivity contribution in [1.29, 1.82) is 0 Å². The highest BCUT2D eigenvalue weighted by Crippen LogP contribution is 2.40. The van der Waals surface area contributed by atoms with Crippen LogP contribution in [0.4, 0.5) is 0 Å². The Kier molecular flexibility index (Phi) is 32.3. The van der Waals surface area contributed by atoms with E-state index in [2.05, 4.69) is 21.9 Å². The first kappa shape index (κ1) is 85.3. The van der Waals surface area contributed by atoms with Crippen molar-refractivity contribution in [1.82, 2.24) is 21.9 Å². The van der Waals surface area contributed by atoms with E-state index >= 15 is 0 Å². The van der Waals surface area contributed by atoms with Crippen molar-refractivity contribution in [3.05, 3.63) is 0 Å². The summed E-state index contributed by atoms with van der Waals surface area (Å²) in [6.07, 6.45) is -36.5. The molecule has 12 bridgehead atoms. The van der Waals surface area contributed by atoms with Gasteiger partial charge in [0.05, 0.1) is 267 Å². The largest absolute Gasteiger partial charge is 0.394 e. The van der Waals surface area contributed by atoms with E-state index in [1.54, 1.807) is 13.8 Å². The van der Waals surface area contributed by atoms with Crippen molar-refractivity contribution in [3.8, 4) is 0 Å². The molecule has 11 rings (SSSR count). The number of nitrogens with one attached hydrogen (secondary N) is 4. The fourth-order valence-corrected chi connectivity index (χ4v) is 17.3. The summed E-state index contributed by atoms with van der Waals surface area (Å²) in [6, 6.07) is -5.18. The summed E-state index contributed by atoms with van der Waals surface area (Å²) in [5.41, 5.74) is 11.4. The third-order valence-electron chi connectivity index (χ3n) is 23.7. The van der Waals surface area contributed by atoms with Crippen molar-refractivity contribution in [2.75, 3.05) is 145 Å². The lowest BCUT2D eigenvalue weighted by Crippen LogP contribution is -2.67. The molecule has 0 aromatic heterocycles. The summed E-state index contributed by atoms with van der Waals surface area (Å²) in [5.74, 6) is -8.19. The standard InChI is InChI=1S/C66H116N4O36/c1-3-27-35(5-71)97-45-21-90-16-30-38(8-74)99-47-23-91-17-31-39(9-75)98-46-22-89-15-29-37(7-73)95-43(13-79)51(56(29)82)67-104-64-48(100-36(6-72)28(4-2)59(64)85)24-93-19-33-41(11-77)102-50(66(61(33)87)106-69-53(46)58(31)84)26-94-20-34-42(12-78)101-49(65(62(34)88)105-70-54(47)57(30)83)25-92-18-32-40(10-76)96-44(14-80)63(60(32)86)103-68-52(45)55(27)81/h27-88H,3-26H2,1-2H3. The zero-order chi connectivity index (χ0) is 75.6. The molecule has 11 fully saturated rings. The summed E-state index contributed by atoms with van der Waals surface area (Å²) in [6.45, 7) is -8.22. The van der Waals surface area contributed by atoms with Gasteiger partial charge in [-0.25, -0.2) is 0 Å². The van der Waals surface area contributed by atoms with Crippen LogP contribution in [0.25, 0.3) is 0 Å². The molecule has 0 aliphatic carbocycles. The number of fused-ring (bicyclic) bond motifs is 12. The zero-order valence-electron chi connectivity index (χ0n) is 59.5. The van der Waals surface area contributed by atoms with Gasteiger partial charge in [0.2, 0.25) is 0 Å². The van der Waals surface area contributed by atoms with Crippen LogP contribution >= 0.6 is 0 Å². The molecular weight excluding hydrogens is 1420 g/mol. The molecule has 616 valence electrons. The fourth-order valence-electron chi connectivity index (χ4n) is 17.3. The Hall–Kier alpha value is -1.60. The Morgan fingerprint density at radius 2 is 0.462 bits per heavy atom. The topological polar surface area (TPSA) is 578 Å². The van der Waals surface area contributed by atoms with Crippen LogP contribution in [0.5, 0.6) is 0 Å². The maximum absolute atomic E-state index is 12.8. The molecule has 11 aliphatic rings. The normalized spacial score (nSPS) is 50.4. The monoisotopic (exact) mass is 1540 g/mol. The number of hydrogen-bond acceptors (Lipinski definition) is 40. The molecule has 40 nitrogen and oxygen atoms in total. The molecule has 40 heteroatoms. The fraction of sp³-hybridized carbons (Fsp3) is 1.00. The average molecular weight is 1540 g/mol. The van der Waals surface area contributed by atoms with Gasteiger partial charge in [0.1, 0.15) is 73.2 Å². The summed E-state index contributed by atoms with van der Waals surface area (Å²) < 4.78 is 89.0. The first-order valence-electron chi connectivity index (χ1n) is 37.3. The van der Waals surface area contributed by atoms with Crippen molar-refractivity contribution in [2.24, 2.45) is 47.3 Å². The van der Waals surface area contributed by atoms with Gasteiger partial charge in [-0.2, -0.15) is 21.9 Å². The van der Waals surface area contributed by atoms with Gasteiger partial charge in [0, 0.05) is 47.3 Å². The van der Waals surface area contributed by atoms with Crippen LogP contribution in [0.1, 0.15) is 26.7 Å². The quantitative estimate of drug-likeness (QED) is 0.0863. The van der Waals surface area contributed by atoms with Gasteiger partial charge < -0.3 is 158 Å². The van der Waals surface area contributed by atoms with Gasteiger partial charge in [-0.1, -0.05) is 13.8 Å². The summed E-state index contributed by atoms with van der Waals surface area (Å²) in [4.78, 5) is 25.3. The minimum absolute atomic E-state index is 0.321. The van der Waals surface area contributed by atoms with Crippen LogP contribution in [0.2, 0.25) is 0 Å². The highest BCUT2D eigenvalue weighted by atomic mass is 16.7. The summed E-state index contributed by atoms with van der Waals surface area (Å²) in [5, 5.41) is 207. The van der Waals surface area contributed by atoms with Gasteiger partial charge >= 0.3 is 0 Å². The maximum atomic E-state index is 12.8. The van der Waals surface area contributed by atoms with E-state index in [0.29, 0.717) is 12.8 Å². The van der Waals surface area contributed by atoms with E-state index in [0.717, 1.165) is 0 Å². The van der Waals surface area contributed by atoms with Crippen LogP contribution in [-0.4, -0.2) is 432 Å². The molecular formula is C66H116N4O36. The maximum Gasteiger partial charge on any atom is 0.134 e. The molecule has 0 aromatic rings. The first-order valence-corrected chi connectivity index (χ1v) is 37.3. The second-order valence-corrected chi connectivity index (χ2v) is 29.7. The van der Waals surface area contributed by atoms with Crippen LogP contribution < -0.4 is 21.9 Å².